The molecule has 1 atom stereocenters. The second-order valence-electron chi connectivity index (χ2n) is 5.77. The first kappa shape index (κ1) is 14.8. The van der Waals surface area contributed by atoms with Gasteiger partial charge in [-0.1, -0.05) is 23.7 Å². The third kappa shape index (κ3) is 2.92. The van der Waals surface area contributed by atoms with E-state index in [1.165, 1.54) is 0 Å². The highest BCUT2D eigenvalue weighted by molar-refractivity contribution is 6.34. The van der Waals surface area contributed by atoms with Crippen molar-refractivity contribution >= 4 is 22.6 Å². The molecule has 3 rings (SSSR count). The Morgan fingerprint density at radius 3 is 2.67 bits per heavy atom. The van der Waals surface area contributed by atoms with Gasteiger partial charge in [0.1, 0.15) is 5.76 Å². The fourth-order valence-electron chi connectivity index (χ4n) is 3.21. The van der Waals surface area contributed by atoms with Gasteiger partial charge >= 0.3 is 0 Å². The smallest absolute Gasteiger partial charge is 0.248 e. The molecule has 1 aromatic carbocycles. The van der Waals surface area contributed by atoms with Crippen LogP contribution in [0.5, 0.6) is 0 Å². The Hall–Kier alpha value is -1.13. The topological polar surface area (TPSA) is 25.2 Å². The first-order valence-corrected chi connectivity index (χ1v) is 7.61. The Morgan fingerprint density at radius 2 is 2.05 bits per heavy atom. The van der Waals surface area contributed by atoms with Gasteiger partial charge in [-0.3, -0.25) is 0 Å². The average molecular weight is 314 g/mol. The summed E-state index contributed by atoms with van der Waals surface area (Å²) in [6.45, 7) is 0. The van der Waals surface area contributed by atoms with E-state index in [4.69, 9.17) is 16.0 Å². The van der Waals surface area contributed by atoms with Crippen LogP contribution in [0.3, 0.4) is 0 Å². The molecule has 1 N–H and O–H groups in total. The van der Waals surface area contributed by atoms with E-state index >= 15 is 0 Å². The number of hydrogen-bond acceptors (Lipinski definition) is 2. The number of halogens is 3. The van der Waals surface area contributed by atoms with Crippen LogP contribution in [0.4, 0.5) is 8.78 Å². The van der Waals surface area contributed by atoms with Gasteiger partial charge in [0, 0.05) is 18.2 Å². The molecule has 114 valence electrons. The van der Waals surface area contributed by atoms with Crippen LogP contribution in [-0.2, 0) is 0 Å². The molecule has 1 aliphatic rings. The molecule has 21 heavy (non-hydrogen) atoms. The van der Waals surface area contributed by atoms with Gasteiger partial charge in [-0.15, -0.1) is 0 Å². The first-order valence-electron chi connectivity index (χ1n) is 7.23. The third-order valence-electron chi connectivity index (χ3n) is 4.37. The molecular weight excluding hydrogens is 296 g/mol. The number of hydrogen-bond donors (Lipinski definition) is 1. The van der Waals surface area contributed by atoms with E-state index in [0.717, 1.165) is 11.1 Å². The van der Waals surface area contributed by atoms with Crippen LogP contribution in [0.2, 0.25) is 5.02 Å². The van der Waals surface area contributed by atoms with E-state index in [2.05, 4.69) is 5.32 Å². The van der Waals surface area contributed by atoms with Gasteiger partial charge in [0.25, 0.3) is 0 Å². The van der Waals surface area contributed by atoms with Crippen molar-refractivity contribution in [2.75, 3.05) is 7.05 Å². The highest BCUT2D eigenvalue weighted by atomic mass is 35.5. The summed E-state index contributed by atoms with van der Waals surface area (Å²) < 4.78 is 32.5. The summed E-state index contributed by atoms with van der Waals surface area (Å²) in [5.41, 5.74) is 0.663. The van der Waals surface area contributed by atoms with Crippen LogP contribution in [0.25, 0.3) is 11.0 Å². The van der Waals surface area contributed by atoms with Gasteiger partial charge in [0.05, 0.1) is 11.1 Å². The predicted molar refractivity (Wildman–Crippen MR) is 79.9 cm³/mol. The largest absolute Gasteiger partial charge is 0.458 e. The number of nitrogens with one attached hydrogen (secondary N) is 1. The minimum atomic E-state index is -2.51. The summed E-state index contributed by atoms with van der Waals surface area (Å²) in [6.07, 6.45) is 0.917. The molecule has 2 nitrogen and oxygen atoms in total. The Kier molecular flexibility index (Phi) is 3.93. The van der Waals surface area contributed by atoms with Crippen molar-refractivity contribution in [2.24, 2.45) is 5.92 Å². The highest BCUT2D eigenvalue weighted by Gasteiger charge is 2.38. The van der Waals surface area contributed by atoms with Crippen molar-refractivity contribution in [1.82, 2.24) is 5.32 Å². The maximum atomic E-state index is 13.3. The molecule has 1 aromatic heterocycles. The molecule has 0 saturated heterocycles. The van der Waals surface area contributed by atoms with Crippen molar-refractivity contribution in [3.63, 3.8) is 0 Å². The summed E-state index contributed by atoms with van der Waals surface area (Å²) in [4.78, 5) is 0. The second kappa shape index (κ2) is 5.58. The summed E-state index contributed by atoms with van der Waals surface area (Å²) in [7, 11) is 1.84. The number of alkyl halides is 2. The minimum absolute atomic E-state index is 0.0448. The predicted octanol–water partition coefficient (Wildman–Crippen LogP) is 5.17. The van der Waals surface area contributed by atoms with Crippen molar-refractivity contribution < 1.29 is 13.2 Å². The summed E-state index contributed by atoms with van der Waals surface area (Å²) in [5, 5.41) is 4.73. The number of fused-ring (bicyclic) bond motifs is 1. The summed E-state index contributed by atoms with van der Waals surface area (Å²) >= 11 is 6.13. The van der Waals surface area contributed by atoms with E-state index in [0.29, 0.717) is 23.4 Å². The van der Waals surface area contributed by atoms with Crippen molar-refractivity contribution in [3.05, 3.63) is 35.0 Å². The molecule has 0 aliphatic heterocycles. The Morgan fingerprint density at radius 1 is 1.33 bits per heavy atom. The van der Waals surface area contributed by atoms with Crippen LogP contribution in [-0.4, -0.2) is 13.0 Å². The van der Waals surface area contributed by atoms with E-state index in [-0.39, 0.29) is 24.8 Å². The standard InChI is InChI=1S/C16H18ClF2NO/c1-20-14(10-5-7-16(18,19)8-6-10)13-9-11-3-2-4-12(17)15(11)21-13/h2-4,9-10,14,20H,5-8H2,1H3. The van der Waals surface area contributed by atoms with Crippen molar-refractivity contribution in [2.45, 2.75) is 37.6 Å². The SMILES string of the molecule is CNC(c1cc2cccc(Cl)c2o1)C1CCC(F)(F)CC1. The Bertz CT molecular complexity index is 630. The third-order valence-corrected chi connectivity index (χ3v) is 4.66. The Balaban J connectivity index is 1.87. The normalized spacial score (nSPS) is 20.8. The maximum Gasteiger partial charge on any atom is 0.248 e. The van der Waals surface area contributed by atoms with Crippen molar-refractivity contribution in [1.29, 1.82) is 0 Å². The fraction of sp³-hybridized carbons (Fsp3) is 0.500. The zero-order chi connectivity index (χ0) is 15.0. The zero-order valence-corrected chi connectivity index (χ0v) is 12.6. The van der Waals surface area contributed by atoms with Crippen LogP contribution in [0.15, 0.2) is 28.7 Å². The number of rotatable bonds is 3. The molecule has 0 spiro atoms. The monoisotopic (exact) mass is 313 g/mol. The number of para-hydroxylation sites is 1. The molecular formula is C16H18ClF2NO. The molecule has 0 bridgehead atoms. The molecule has 1 aliphatic carbocycles. The minimum Gasteiger partial charge on any atom is -0.458 e. The molecule has 0 radical (unpaired) electrons. The lowest BCUT2D eigenvalue weighted by Gasteiger charge is -2.32. The lowest BCUT2D eigenvalue weighted by atomic mass is 9.81. The molecule has 5 heteroatoms. The molecule has 0 amide bonds. The van der Waals surface area contributed by atoms with E-state index in [1.807, 2.05) is 25.2 Å². The maximum absolute atomic E-state index is 13.3. The van der Waals surface area contributed by atoms with Gasteiger partial charge in [-0.05, 0) is 37.9 Å². The highest BCUT2D eigenvalue weighted by Crippen LogP contribution is 2.42. The first-order chi connectivity index (χ1) is 10.00. The summed E-state index contributed by atoms with van der Waals surface area (Å²) in [5.74, 6) is -1.57. The quantitative estimate of drug-likeness (QED) is 0.845. The van der Waals surface area contributed by atoms with Gasteiger partial charge in [-0.2, -0.15) is 0 Å². The van der Waals surface area contributed by atoms with Crippen LogP contribution >= 0.6 is 11.6 Å². The number of benzene rings is 1. The van der Waals surface area contributed by atoms with Gasteiger partial charge in [-0.25, -0.2) is 8.78 Å². The van der Waals surface area contributed by atoms with E-state index in [9.17, 15) is 8.78 Å². The van der Waals surface area contributed by atoms with Crippen LogP contribution in [0, 0.1) is 5.92 Å². The average Bonchev–Trinajstić information content (AvgIpc) is 2.86. The number of furan rings is 1. The van der Waals surface area contributed by atoms with Gasteiger partial charge in [0.15, 0.2) is 5.58 Å². The molecule has 1 heterocycles. The molecule has 2 aromatic rings. The van der Waals surface area contributed by atoms with Gasteiger partial charge < -0.3 is 9.73 Å². The van der Waals surface area contributed by atoms with Crippen LogP contribution < -0.4 is 5.32 Å². The van der Waals surface area contributed by atoms with E-state index < -0.39 is 5.92 Å². The second-order valence-corrected chi connectivity index (χ2v) is 6.17. The Labute approximate surface area is 127 Å². The molecule has 1 fully saturated rings. The van der Waals surface area contributed by atoms with Gasteiger partial charge in [0.2, 0.25) is 5.92 Å². The van der Waals surface area contributed by atoms with Crippen molar-refractivity contribution in [3.8, 4) is 0 Å². The lowest BCUT2D eigenvalue weighted by molar-refractivity contribution is -0.0502. The summed E-state index contributed by atoms with van der Waals surface area (Å²) in [6, 6.07) is 7.50. The molecule has 1 unspecified atom stereocenters. The molecule has 1 saturated carbocycles. The van der Waals surface area contributed by atoms with Crippen LogP contribution in [0.1, 0.15) is 37.5 Å². The zero-order valence-electron chi connectivity index (χ0n) is 11.8. The lowest BCUT2D eigenvalue weighted by Crippen LogP contribution is -2.32. The van der Waals surface area contributed by atoms with E-state index in [1.54, 1.807) is 6.07 Å². The fourth-order valence-corrected chi connectivity index (χ4v) is 3.43.